The molecule has 0 aliphatic carbocycles. The molecule has 18 heavy (non-hydrogen) atoms. The maximum Gasteiger partial charge on any atom is 0.137 e. The molecule has 0 saturated heterocycles. The van der Waals surface area contributed by atoms with Crippen molar-refractivity contribution in [1.82, 2.24) is 15.0 Å². The molecule has 0 atom stereocenters. The van der Waals surface area contributed by atoms with E-state index in [4.69, 9.17) is 5.73 Å². The highest BCUT2D eigenvalue weighted by molar-refractivity contribution is 7.99. The number of nitrogens with zero attached hydrogens (tertiary/aromatic N) is 3. The predicted octanol–water partition coefficient (Wildman–Crippen LogP) is 2.87. The number of rotatable bonds is 3. The average Bonchev–Trinajstić information content (AvgIpc) is 2.38. The number of anilines is 1. The van der Waals surface area contributed by atoms with Crippen molar-refractivity contribution in [1.29, 1.82) is 0 Å². The van der Waals surface area contributed by atoms with Gasteiger partial charge in [-0.05, 0) is 31.6 Å². The van der Waals surface area contributed by atoms with Crippen LogP contribution < -0.4 is 5.73 Å². The maximum absolute atomic E-state index is 6.04. The minimum Gasteiger partial charge on any atom is -0.383 e. The van der Waals surface area contributed by atoms with Crippen LogP contribution in [0.3, 0.4) is 0 Å². The van der Waals surface area contributed by atoms with Gasteiger partial charge in [0, 0.05) is 11.1 Å². The number of hydrogen-bond donors (Lipinski definition) is 1. The van der Waals surface area contributed by atoms with Gasteiger partial charge >= 0.3 is 0 Å². The minimum absolute atomic E-state index is 0.487. The van der Waals surface area contributed by atoms with Crippen molar-refractivity contribution in [2.45, 2.75) is 16.8 Å². The molecule has 4 nitrogen and oxygen atoms in total. The van der Waals surface area contributed by atoms with E-state index in [2.05, 4.69) is 15.0 Å². The Kier molecular flexibility index (Phi) is 4.08. The van der Waals surface area contributed by atoms with E-state index in [1.165, 1.54) is 0 Å². The second kappa shape index (κ2) is 5.58. The van der Waals surface area contributed by atoms with Crippen LogP contribution >= 0.6 is 23.5 Å². The maximum atomic E-state index is 6.04. The molecule has 94 valence electrons. The molecule has 0 fully saturated rings. The third-order valence-corrected chi connectivity index (χ3v) is 3.89. The second-order valence-electron chi connectivity index (χ2n) is 3.59. The Morgan fingerprint density at radius 1 is 1.17 bits per heavy atom. The zero-order valence-electron chi connectivity index (χ0n) is 10.5. The molecular formula is C12H14N4S2. The molecule has 6 heteroatoms. The Morgan fingerprint density at radius 2 is 1.94 bits per heavy atom. The Labute approximate surface area is 115 Å². The van der Waals surface area contributed by atoms with Gasteiger partial charge in [-0.2, -0.15) is 0 Å². The molecule has 0 aliphatic rings. The van der Waals surface area contributed by atoms with E-state index < -0.39 is 0 Å². The Bertz CT molecular complexity index is 572. The summed E-state index contributed by atoms with van der Waals surface area (Å²) >= 11 is 3.20. The SMILES string of the molecule is CSc1cccnc1-c1c(N)nc(C)nc1SC. The molecule has 0 aromatic carbocycles. The van der Waals surface area contributed by atoms with Crippen LogP contribution in [-0.2, 0) is 0 Å². The van der Waals surface area contributed by atoms with Crippen molar-refractivity contribution in [2.75, 3.05) is 18.2 Å². The summed E-state index contributed by atoms with van der Waals surface area (Å²) in [6.45, 7) is 1.84. The fourth-order valence-corrected chi connectivity index (χ4v) is 2.87. The average molecular weight is 278 g/mol. The van der Waals surface area contributed by atoms with Crippen LogP contribution in [0.2, 0.25) is 0 Å². The van der Waals surface area contributed by atoms with Gasteiger partial charge < -0.3 is 5.73 Å². The number of aryl methyl sites for hydroxylation is 1. The Morgan fingerprint density at radius 3 is 2.61 bits per heavy atom. The normalized spacial score (nSPS) is 10.6. The van der Waals surface area contributed by atoms with Crippen molar-refractivity contribution in [2.24, 2.45) is 0 Å². The number of nitrogen functional groups attached to an aromatic ring is 1. The predicted molar refractivity (Wildman–Crippen MR) is 78.0 cm³/mol. The largest absolute Gasteiger partial charge is 0.383 e. The number of hydrogen-bond acceptors (Lipinski definition) is 6. The van der Waals surface area contributed by atoms with Crippen molar-refractivity contribution < 1.29 is 0 Å². The lowest BCUT2D eigenvalue weighted by atomic mass is 10.2. The molecule has 2 aromatic heterocycles. The van der Waals surface area contributed by atoms with Gasteiger partial charge in [-0.15, -0.1) is 23.5 Å². The minimum atomic E-state index is 0.487. The molecule has 0 aliphatic heterocycles. The highest BCUT2D eigenvalue weighted by atomic mass is 32.2. The zero-order valence-corrected chi connectivity index (χ0v) is 12.1. The van der Waals surface area contributed by atoms with Crippen molar-refractivity contribution in [3.63, 3.8) is 0 Å². The first-order valence-electron chi connectivity index (χ1n) is 5.34. The number of aromatic nitrogens is 3. The van der Waals surface area contributed by atoms with Crippen LogP contribution in [0, 0.1) is 6.92 Å². The molecule has 0 spiro atoms. The van der Waals surface area contributed by atoms with Crippen LogP contribution in [-0.4, -0.2) is 27.5 Å². The third-order valence-electron chi connectivity index (χ3n) is 2.44. The summed E-state index contributed by atoms with van der Waals surface area (Å²) in [6, 6.07) is 3.94. The summed E-state index contributed by atoms with van der Waals surface area (Å²) in [7, 11) is 0. The van der Waals surface area contributed by atoms with E-state index in [0.29, 0.717) is 11.6 Å². The Hall–Kier alpha value is -1.27. The smallest absolute Gasteiger partial charge is 0.137 e. The fraction of sp³-hybridized carbons (Fsp3) is 0.250. The first kappa shape index (κ1) is 13.2. The first-order chi connectivity index (χ1) is 8.67. The van der Waals surface area contributed by atoms with Crippen LogP contribution in [0.1, 0.15) is 5.82 Å². The van der Waals surface area contributed by atoms with E-state index >= 15 is 0 Å². The van der Waals surface area contributed by atoms with Crippen LogP contribution in [0.5, 0.6) is 0 Å². The lowest BCUT2D eigenvalue weighted by molar-refractivity contribution is 0.974. The molecule has 2 rings (SSSR count). The van der Waals surface area contributed by atoms with Gasteiger partial charge in [0.25, 0.3) is 0 Å². The third kappa shape index (κ3) is 2.44. The number of pyridine rings is 1. The van der Waals surface area contributed by atoms with Gasteiger partial charge in [0.15, 0.2) is 0 Å². The van der Waals surface area contributed by atoms with Crippen LogP contribution in [0.4, 0.5) is 5.82 Å². The molecule has 0 radical (unpaired) electrons. The van der Waals surface area contributed by atoms with Gasteiger partial charge in [0.05, 0.1) is 11.3 Å². The summed E-state index contributed by atoms with van der Waals surface area (Å²) < 4.78 is 0. The lowest BCUT2D eigenvalue weighted by Crippen LogP contribution is -2.03. The van der Waals surface area contributed by atoms with E-state index in [9.17, 15) is 0 Å². The summed E-state index contributed by atoms with van der Waals surface area (Å²) in [5.41, 5.74) is 7.72. The van der Waals surface area contributed by atoms with E-state index in [-0.39, 0.29) is 0 Å². The molecule has 2 heterocycles. The van der Waals surface area contributed by atoms with E-state index in [0.717, 1.165) is 21.2 Å². The molecule has 0 amide bonds. The van der Waals surface area contributed by atoms with Gasteiger partial charge in [0.2, 0.25) is 0 Å². The highest BCUT2D eigenvalue weighted by Crippen LogP contribution is 2.36. The van der Waals surface area contributed by atoms with Crippen molar-refractivity contribution in [3.05, 3.63) is 24.2 Å². The summed E-state index contributed by atoms with van der Waals surface area (Å²) in [4.78, 5) is 14.2. The first-order valence-corrected chi connectivity index (χ1v) is 7.79. The summed E-state index contributed by atoms with van der Waals surface area (Å²) in [6.07, 6.45) is 5.76. The molecule has 0 saturated carbocycles. The standard InChI is InChI=1S/C12H14N4S2/c1-7-15-11(13)9(12(16-7)18-3)10-8(17-2)5-4-6-14-10/h4-6H,1-3H3,(H2,13,15,16). The van der Waals surface area contributed by atoms with Gasteiger partial charge in [0.1, 0.15) is 16.7 Å². The zero-order chi connectivity index (χ0) is 13.1. The fourth-order valence-electron chi connectivity index (χ4n) is 1.68. The quantitative estimate of drug-likeness (QED) is 0.688. The van der Waals surface area contributed by atoms with Crippen molar-refractivity contribution >= 4 is 29.3 Å². The number of nitrogens with two attached hydrogens (primary N) is 1. The van der Waals surface area contributed by atoms with Crippen LogP contribution in [0.25, 0.3) is 11.3 Å². The van der Waals surface area contributed by atoms with Gasteiger partial charge in [-0.3, -0.25) is 4.98 Å². The van der Waals surface area contributed by atoms with Gasteiger partial charge in [-0.1, -0.05) is 0 Å². The summed E-state index contributed by atoms with van der Waals surface area (Å²) in [5, 5.41) is 0.869. The number of thioether (sulfide) groups is 2. The molecular weight excluding hydrogens is 264 g/mol. The highest BCUT2D eigenvalue weighted by Gasteiger charge is 2.16. The van der Waals surface area contributed by atoms with Crippen molar-refractivity contribution in [3.8, 4) is 11.3 Å². The topological polar surface area (TPSA) is 64.7 Å². The van der Waals surface area contributed by atoms with Crippen LogP contribution in [0.15, 0.2) is 28.3 Å². The van der Waals surface area contributed by atoms with E-state index in [1.54, 1.807) is 29.7 Å². The summed E-state index contributed by atoms with van der Waals surface area (Å²) in [5.74, 6) is 1.17. The van der Waals surface area contributed by atoms with Gasteiger partial charge in [-0.25, -0.2) is 9.97 Å². The molecule has 0 unspecified atom stereocenters. The van der Waals surface area contributed by atoms with E-state index in [1.807, 2.05) is 31.6 Å². The Balaban J connectivity index is 2.70. The molecule has 0 bridgehead atoms. The second-order valence-corrected chi connectivity index (χ2v) is 5.24. The monoisotopic (exact) mass is 278 g/mol. The lowest BCUT2D eigenvalue weighted by Gasteiger charge is -2.12. The molecule has 2 aromatic rings. The molecule has 2 N–H and O–H groups in total.